The average molecular weight is 342 g/mol. The molecule has 0 aromatic carbocycles. The summed E-state index contributed by atoms with van der Waals surface area (Å²) < 4.78 is 6.45. The standard InChI is InChI=1S/C22H30O3/c23-19-15-1-13-2-16(19)8-21(5-13,7-15)11-25-12-22-6-14-3-17(9-22)20(24)18(4-14)10-22/h13-18H,1-12H2. The number of hydrogen-bond donors (Lipinski definition) is 0. The molecule has 0 N–H and O–H groups in total. The van der Waals surface area contributed by atoms with Gasteiger partial charge in [0.15, 0.2) is 0 Å². The summed E-state index contributed by atoms with van der Waals surface area (Å²) in [6.45, 7) is 1.75. The van der Waals surface area contributed by atoms with E-state index in [4.69, 9.17) is 4.74 Å². The van der Waals surface area contributed by atoms with E-state index in [1.165, 1.54) is 12.8 Å². The van der Waals surface area contributed by atoms with Gasteiger partial charge < -0.3 is 4.74 Å². The molecule has 0 spiro atoms. The topological polar surface area (TPSA) is 43.4 Å². The van der Waals surface area contributed by atoms with Crippen molar-refractivity contribution in [2.45, 2.75) is 64.2 Å². The van der Waals surface area contributed by atoms with Crippen molar-refractivity contribution in [3.63, 3.8) is 0 Å². The van der Waals surface area contributed by atoms with Crippen LogP contribution in [0, 0.1) is 46.3 Å². The van der Waals surface area contributed by atoms with Gasteiger partial charge in [0.05, 0.1) is 13.2 Å². The van der Waals surface area contributed by atoms with Crippen molar-refractivity contribution in [1.29, 1.82) is 0 Å². The minimum absolute atomic E-state index is 0.308. The molecular formula is C22H30O3. The van der Waals surface area contributed by atoms with Gasteiger partial charge in [-0.2, -0.15) is 0 Å². The van der Waals surface area contributed by atoms with Crippen LogP contribution in [0.2, 0.25) is 0 Å². The predicted octanol–water partition coefficient (Wildman–Crippen LogP) is 3.79. The lowest BCUT2D eigenvalue weighted by molar-refractivity contribution is -0.163. The third-order valence-corrected chi connectivity index (χ3v) is 9.06. The molecule has 8 fully saturated rings. The number of rotatable bonds is 4. The van der Waals surface area contributed by atoms with Gasteiger partial charge in [0.1, 0.15) is 11.6 Å². The fraction of sp³-hybridized carbons (Fsp3) is 0.909. The van der Waals surface area contributed by atoms with Crippen molar-refractivity contribution >= 4 is 11.6 Å². The van der Waals surface area contributed by atoms with Crippen molar-refractivity contribution in [2.75, 3.05) is 13.2 Å². The molecule has 8 aliphatic rings. The first-order valence-electron chi connectivity index (χ1n) is 10.7. The highest BCUT2D eigenvalue weighted by molar-refractivity contribution is 5.86. The maximum atomic E-state index is 12.4. The van der Waals surface area contributed by atoms with E-state index in [-0.39, 0.29) is 0 Å². The number of carbonyl (C=O) groups is 2. The summed E-state index contributed by atoms with van der Waals surface area (Å²) in [6.07, 6.45) is 11.6. The molecular weight excluding hydrogens is 312 g/mol. The summed E-state index contributed by atoms with van der Waals surface area (Å²) in [5.74, 6) is 4.14. The predicted molar refractivity (Wildman–Crippen MR) is 92.8 cm³/mol. The molecule has 136 valence electrons. The van der Waals surface area contributed by atoms with Crippen LogP contribution >= 0.6 is 0 Å². The first-order valence-corrected chi connectivity index (χ1v) is 10.7. The molecule has 4 unspecified atom stereocenters. The first-order chi connectivity index (χ1) is 12.0. The minimum Gasteiger partial charge on any atom is -0.380 e. The van der Waals surface area contributed by atoms with Crippen LogP contribution in [0.4, 0.5) is 0 Å². The average Bonchev–Trinajstić information content (AvgIpc) is 2.55. The second-order valence-electron chi connectivity index (χ2n) is 11.0. The fourth-order valence-electron chi connectivity index (χ4n) is 8.66. The van der Waals surface area contributed by atoms with Gasteiger partial charge in [0, 0.05) is 23.7 Å². The molecule has 3 nitrogen and oxygen atoms in total. The second kappa shape index (κ2) is 4.97. The van der Waals surface area contributed by atoms with E-state index in [0.717, 1.165) is 76.4 Å². The summed E-state index contributed by atoms with van der Waals surface area (Å²) in [4.78, 5) is 24.8. The molecule has 4 atom stereocenters. The number of ketones is 2. The smallest absolute Gasteiger partial charge is 0.139 e. The van der Waals surface area contributed by atoms with E-state index in [1.54, 1.807) is 0 Å². The van der Waals surface area contributed by atoms with Gasteiger partial charge in [-0.15, -0.1) is 0 Å². The Hall–Kier alpha value is -0.700. The van der Waals surface area contributed by atoms with E-state index in [9.17, 15) is 9.59 Å². The Kier molecular flexibility index (Phi) is 3.05. The van der Waals surface area contributed by atoms with Crippen molar-refractivity contribution in [2.24, 2.45) is 46.3 Å². The van der Waals surface area contributed by atoms with Crippen LogP contribution in [0.3, 0.4) is 0 Å². The van der Waals surface area contributed by atoms with E-state index in [1.807, 2.05) is 0 Å². The number of ether oxygens (including phenoxy) is 1. The SMILES string of the molecule is O=C1C2CC3CC1CC(COCC14CC5CC(C1)C(=O)C(C5)C4)(C3)C2. The molecule has 0 saturated heterocycles. The van der Waals surface area contributed by atoms with Crippen LogP contribution in [0.25, 0.3) is 0 Å². The zero-order valence-corrected chi connectivity index (χ0v) is 15.2. The lowest BCUT2D eigenvalue weighted by Crippen LogP contribution is -2.55. The molecule has 8 aliphatic carbocycles. The molecule has 3 heteroatoms. The van der Waals surface area contributed by atoms with Crippen LogP contribution < -0.4 is 0 Å². The van der Waals surface area contributed by atoms with E-state index >= 15 is 0 Å². The Bertz CT molecular complexity index is 547. The van der Waals surface area contributed by atoms with Gasteiger partial charge in [0.2, 0.25) is 0 Å². The van der Waals surface area contributed by atoms with Crippen LogP contribution in [-0.4, -0.2) is 24.8 Å². The van der Waals surface area contributed by atoms with E-state index in [0.29, 0.717) is 46.1 Å². The Morgan fingerprint density at radius 3 is 1.36 bits per heavy atom. The number of carbonyl (C=O) groups excluding carboxylic acids is 2. The van der Waals surface area contributed by atoms with Crippen molar-refractivity contribution < 1.29 is 14.3 Å². The Morgan fingerprint density at radius 2 is 1.00 bits per heavy atom. The summed E-state index contributed by atoms with van der Waals surface area (Å²) in [5.41, 5.74) is 0.616. The van der Waals surface area contributed by atoms with Crippen LogP contribution in [0.1, 0.15) is 64.2 Å². The molecule has 0 aliphatic heterocycles. The normalized spacial score (nSPS) is 55.4. The van der Waals surface area contributed by atoms with Crippen molar-refractivity contribution in [3.8, 4) is 0 Å². The summed E-state index contributed by atoms with van der Waals surface area (Å²) in [5, 5.41) is 0. The summed E-state index contributed by atoms with van der Waals surface area (Å²) in [7, 11) is 0. The maximum absolute atomic E-state index is 12.4. The molecule has 8 bridgehead atoms. The molecule has 0 aromatic rings. The van der Waals surface area contributed by atoms with Gasteiger partial charge >= 0.3 is 0 Å². The number of Topliss-reactive ketones (excluding diaryl/α,β-unsaturated/α-hetero) is 2. The molecule has 0 radical (unpaired) electrons. The highest BCUT2D eigenvalue weighted by Crippen LogP contribution is 2.60. The third-order valence-electron chi connectivity index (χ3n) is 9.06. The monoisotopic (exact) mass is 342 g/mol. The molecule has 8 rings (SSSR count). The molecule has 0 amide bonds. The molecule has 0 heterocycles. The molecule has 25 heavy (non-hydrogen) atoms. The maximum Gasteiger partial charge on any atom is 0.139 e. The second-order valence-corrected chi connectivity index (χ2v) is 11.0. The van der Waals surface area contributed by atoms with Gasteiger partial charge in [0.25, 0.3) is 0 Å². The molecule has 0 aromatic heterocycles. The Morgan fingerprint density at radius 1 is 0.640 bits per heavy atom. The highest BCUT2D eigenvalue weighted by atomic mass is 16.5. The van der Waals surface area contributed by atoms with Crippen LogP contribution in [-0.2, 0) is 14.3 Å². The van der Waals surface area contributed by atoms with Gasteiger partial charge in [-0.05, 0) is 86.9 Å². The Labute approximate surface area is 150 Å². The van der Waals surface area contributed by atoms with Crippen molar-refractivity contribution in [3.05, 3.63) is 0 Å². The van der Waals surface area contributed by atoms with Crippen LogP contribution in [0.5, 0.6) is 0 Å². The summed E-state index contributed by atoms with van der Waals surface area (Å²) in [6, 6.07) is 0. The Balaban J connectivity index is 1.14. The van der Waals surface area contributed by atoms with Crippen LogP contribution in [0.15, 0.2) is 0 Å². The van der Waals surface area contributed by atoms with Gasteiger partial charge in [-0.25, -0.2) is 0 Å². The lowest BCUT2D eigenvalue weighted by atomic mass is 9.49. The molecule has 8 saturated carbocycles. The zero-order chi connectivity index (χ0) is 16.8. The number of hydrogen-bond acceptors (Lipinski definition) is 3. The third kappa shape index (κ3) is 2.20. The largest absolute Gasteiger partial charge is 0.380 e. The van der Waals surface area contributed by atoms with E-state index in [2.05, 4.69) is 0 Å². The highest BCUT2D eigenvalue weighted by Gasteiger charge is 2.57. The minimum atomic E-state index is 0.308. The fourth-order valence-corrected chi connectivity index (χ4v) is 8.66. The van der Waals surface area contributed by atoms with Gasteiger partial charge in [-0.1, -0.05) is 0 Å². The quantitative estimate of drug-likeness (QED) is 0.780. The van der Waals surface area contributed by atoms with Gasteiger partial charge in [-0.3, -0.25) is 9.59 Å². The summed E-state index contributed by atoms with van der Waals surface area (Å²) >= 11 is 0. The lowest BCUT2D eigenvalue weighted by Gasteiger charge is -2.57. The van der Waals surface area contributed by atoms with E-state index < -0.39 is 0 Å². The zero-order valence-electron chi connectivity index (χ0n) is 15.2. The van der Waals surface area contributed by atoms with Crippen molar-refractivity contribution in [1.82, 2.24) is 0 Å². The first kappa shape index (κ1) is 15.4.